The molecule has 2 atom stereocenters. The number of hydrogen-bond acceptors (Lipinski definition) is 10. The Hall–Kier alpha value is -3.31. The van der Waals surface area contributed by atoms with E-state index >= 15 is 0 Å². The number of nitrogens with zero attached hydrogens (tertiary/aromatic N) is 5. The summed E-state index contributed by atoms with van der Waals surface area (Å²) in [6.07, 6.45) is 3.86. The summed E-state index contributed by atoms with van der Waals surface area (Å²) in [5, 5.41) is 28.7. The first-order valence-corrected chi connectivity index (χ1v) is 16.4. The fourth-order valence-corrected chi connectivity index (χ4v) is 7.91. The molecule has 2 aliphatic heterocycles. The number of amides is 3. The molecule has 0 unspecified atom stereocenters. The third kappa shape index (κ3) is 7.62. The Morgan fingerprint density at radius 1 is 1.16 bits per heavy atom. The van der Waals surface area contributed by atoms with Gasteiger partial charge in [0.1, 0.15) is 17.1 Å². The van der Waals surface area contributed by atoms with Gasteiger partial charge in [-0.15, -0.1) is 40.4 Å². The number of rotatable bonds is 12. The van der Waals surface area contributed by atoms with Gasteiger partial charge in [-0.25, -0.2) is 9.36 Å². The van der Waals surface area contributed by atoms with Gasteiger partial charge in [-0.3, -0.25) is 24.6 Å². The van der Waals surface area contributed by atoms with Gasteiger partial charge >= 0.3 is 5.97 Å². The lowest BCUT2D eigenvalue weighted by atomic mass is 10.0. The maximum atomic E-state index is 13.0. The van der Waals surface area contributed by atoms with Crippen LogP contribution in [0, 0.1) is 0 Å². The average Bonchev–Trinajstić information content (AvgIpc) is 3.51. The predicted octanol–water partition coefficient (Wildman–Crippen LogP) is 2.45. The molecular formula is C25H23Cl2N8O5S3+. The predicted molar refractivity (Wildman–Crippen MR) is 162 cm³/mol. The van der Waals surface area contributed by atoms with Gasteiger partial charge in [0.25, 0.3) is 11.9 Å². The zero-order chi connectivity index (χ0) is 30.5. The van der Waals surface area contributed by atoms with Gasteiger partial charge in [-0.05, 0) is 29.0 Å². The summed E-state index contributed by atoms with van der Waals surface area (Å²) >= 11 is 16.2. The summed E-state index contributed by atoms with van der Waals surface area (Å²) in [5.41, 5.74) is 0.586. The number of aromatic amines is 1. The largest absolute Gasteiger partial charge is 0.477 e. The lowest BCUT2D eigenvalue weighted by Gasteiger charge is -2.49. The van der Waals surface area contributed by atoms with Gasteiger partial charge in [0.2, 0.25) is 11.8 Å². The van der Waals surface area contributed by atoms with Crippen LogP contribution in [-0.4, -0.2) is 83.0 Å². The Balaban J connectivity index is 1.13. The summed E-state index contributed by atoms with van der Waals surface area (Å²) in [6, 6.07) is 7.89. The minimum Gasteiger partial charge on any atom is -0.477 e. The number of halogens is 2. The van der Waals surface area contributed by atoms with Crippen LogP contribution in [0.2, 0.25) is 10.0 Å². The monoisotopic (exact) mass is 681 g/mol. The number of aryl methyl sites for hydroxylation is 1. The van der Waals surface area contributed by atoms with Crippen molar-refractivity contribution in [3.63, 3.8) is 0 Å². The van der Waals surface area contributed by atoms with Crippen LogP contribution in [0.3, 0.4) is 0 Å². The first kappa shape index (κ1) is 31.1. The molecule has 0 radical (unpaired) electrons. The van der Waals surface area contributed by atoms with Gasteiger partial charge in [0, 0.05) is 38.5 Å². The molecule has 224 valence electrons. The maximum Gasteiger partial charge on any atom is 0.352 e. The highest BCUT2D eigenvalue weighted by molar-refractivity contribution is 8.01. The molecule has 1 fully saturated rings. The fourth-order valence-electron chi connectivity index (χ4n) is 4.23. The van der Waals surface area contributed by atoms with Gasteiger partial charge in [0.15, 0.2) is 18.9 Å². The van der Waals surface area contributed by atoms with Crippen molar-refractivity contribution in [1.82, 2.24) is 30.8 Å². The number of β-lactam (4-membered cyclic amide) rings is 1. The number of hydrogen-bond donors (Lipinski definition) is 4. The number of carbonyl (C=O) groups is 4. The average molecular weight is 683 g/mol. The Morgan fingerprint density at radius 2 is 1.95 bits per heavy atom. The van der Waals surface area contributed by atoms with Crippen molar-refractivity contribution in [2.24, 2.45) is 0 Å². The first-order valence-electron chi connectivity index (χ1n) is 12.6. The quantitative estimate of drug-likeness (QED) is 0.126. The highest BCUT2D eigenvalue weighted by Gasteiger charge is 2.54. The maximum absolute atomic E-state index is 13.0. The molecule has 0 spiro atoms. The lowest BCUT2D eigenvalue weighted by molar-refractivity contribution is -0.696. The second kappa shape index (κ2) is 14.0. The molecule has 43 heavy (non-hydrogen) atoms. The molecule has 3 amide bonds. The SMILES string of the molecule is O=C(CC[n+]1ccc(SCC2=C(C(=O)O)N3C(=O)[C@@H](NC(=O)CSc4cc(Cl)ccc4Cl)[C@H]3SC2)cc1)Nc1nn[nH]n1. The van der Waals surface area contributed by atoms with Crippen molar-refractivity contribution >= 4 is 88.1 Å². The number of carboxylic acids is 1. The number of benzene rings is 1. The van der Waals surface area contributed by atoms with E-state index in [1.165, 1.54) is 40.2 Å². The molecule has 0 saturated carbocycles. The minimum atomic E-state index is -1.19. The van der Waals surface area contributed by atoms with Gasteiger partial charge in [0.05, 0.1) is 17.2 Å². The van der Waals surface area contributed by atoms with Crippen LogP contribution in [0.4, 0.5) is 5.95 Å². The molecule has 0 bridgehead atoms. The van der Waals surface area contributed by atoms with E-state index in [1.54, 1.807) is 18.2 Å². The molecule has 2 aliphatic rings. The lowest BCUT2D eigenvalue weighted by Crippen LogP contribution is -2.70. The van der Waals surface area contributed by atoms with Crippen LogP contribution >= 0.6 is 58.5 Å². The van der Waals surface area contributed by atoms with Crippen molar-refractivity contribution in [2.75, 3.05) is 22.6 Å². The van der Waals surface area contributed by atoms with Gasteiger partial charge in [-0.2, -0.15) is 5.21 Å². The number of anilines is 1. The number of pyridine rings is 1. The number of aliphatic carboxylic acids is 1. The highest BCUT2D eigenvalue weighted by atomic mass is 35.5. The molecule has 18 heteroatoms. The smallest absolute Gasteiger partial charge is 0.352 e. The van der Waals surface area contributed by atoms with Gasteiger partial charge in [-0.1, -0.05) is 28.3 Å². The Morgan fingerprint density at radius 3 is 2.67 bits per heavy atom. The third-order valence-corrected chi connectivity index (χ3v) is 10.5. The fraction of sp³-hybridized carbons (Fsp3) is 0.280. The van der Waals surface area contributed by atoms with Crippen LogP contribution in [0.25, 0.3) is 0 Å². The number of carboxylic acid groups (broad SMARTS) is 1. The molecule has 4 heterocycles. The second-order valence-electron chi connectivity index (χ2n) is 9.17. The number of fused-ring (bicyclic) bond motifs is 1. The van der Waals surface area contributed by atoms with Crippen molar-refractivity contribution in [3.05, 3.63) is 64.0 Å². The Labute approximate surface area is 267 Å². The molecule has 0 aliphatic carbocycles. The van der Waals surface area contributed by atoms with Crippen LogP contribution in [0.5, 0.6) is 0 Å². The van der Waals surface area contributed by atoms with Crippen LogP contribution in [0.1, 0.15) is 6.42 Å². The molecule has 13 nitrogen and oxygen atoms in total. The number of H-pyrrole nitrogens is 1. The molecule has 4 N–H and O–H groups in total. The highest BCUT2D eigenvalue weighted by Crippen LogP contribution is 2.41. The molecule has 3 aromatic rings. The Kier molecular flexibility index (Phi) is 10.1. The van der Waals surface area contributed by atoms with Crippen molar-refractivity contribution in [3.8, 4) is 0 Å². The van der Waals surface area contributed by atoms with E-state index in [4.69, 9.17) is 23.2 Å². The van der Waals surface area contributed by atoms with E-state index < -0.39 is 23.3 Å². The van der Waals surface area contributed by atoms with Crippen LogP contribution < -0.4 is 15.2 Å². The second-order valence-corrected chi connectivity index (χ2v) is 13.2. The number of thioether (sulfide) groups is 3. The third-order valence-electron chi connectivity index (χ3n) is 6.29. The summed E-state index contributed by atoms with van der Waals surface area (Å²) in [5.74, 6) is -1.35. The van der Waals surface area contributed by atoms with E-state index in [1.807, 2.05) is 29.1 Å². The van der Waals surface area contributed by atoms with E-state index in [0.29, 0.717) is 38.6 Å². The number of tetrazole rings is 1. The molecule has 5 rings (SSSR count). The number of carbonyl (C=O) groups excluding carboxylic acids is 3. The molecular weight excluding hydrogens is 659 g/mol. The van der Waals surface area contributed by atoms with E-state index in [9.17, 15) is 24.3 Å². The number of aromatic nitrogens is 5. The zero-order valence-electron chi connectivity index (χ0n) is 22.0. The van der Waals surface area contributed by atoms with Crippen molar-refractivity contribution in [1.29, 1.82) is 0 Å². The van der Waals surface area contributed by atoms with Crippen molar-refractivity contribution < 1.29 is 28.9 Å². The van der Waals surface area contributed by atoms with E-state index in [0.717, 1.165) is 4.90 Å². The minimum absolute atomic E-state index is 0.0231. The standard InChI is InChI=1S/C25H22Cl2N8O5S3/c26-14-1-2-16(27)17(9-14)42-12-19(37)28-20-22(38)35-21(24(39)40)13(11-43-23(20)35)10-41-15-3-6-34(7-4-15)8-5-18(36)29-25-30-32-33-31-25/h1-4,6-7,9,20,23H,5,8,10-12H2,(H3-,28,29,30,31,32,33,36,37,39,40)/p+1/t20-,23-/m1/s1. The topological polar surface area (TPSA) is 174 Å². The first-order chi connectivity index (χ1) is 20.7. The normalized spacial score (nSPS) is 17.7. The van der Waals surface area contributed by atoms with Crippen LogP contribution in [-0.2, 0) is 25.7 Å². The van der Waals surface area contributed by atoms with E-state index in [-0.39, 0.29) is 35.6 Å². The molecule has 1 aromatic carbocycles. The summed E-state index contributed by atoms with van der Waals surface area (Å²) < 4.78 is 1.85. The number of nitrogens with one attached hydrogen (secondary N) is 3. The zero-order valence-corrected chi connectivity index (χ0v) is 26.0. The van der Waals surface area contributed by atoms with E-state index in [2.05, 4.69) is 31.3 Å². The Bertz CT molecular complexity index is 1580. The summed E-state index contributed by atoms with van der Waals surface area (Å²) in [7, 11) is 0. The summed E-state index contributed by atoms with van der Waals surface area (Å²) in [6.45, 7) is 0.433. The molecule has 2 aromatic heterocycles. The summed E-state index contributed by atoms with van der Waals surface area (Å²) in [4.78, 5) is 52.6. The van der Waals surface area contributed by atoms with Gasteiger partial charge < -0.3 is 10.4 Å². The molecule has 1 saturated heterocycles. The van der Waals surface area contributed by atoms with Crippen LogP contribution in [0.15, 0.2) is 63.8 Å². The van der Waals surface area contributed by atoms with Crippen molar-refractivity contribution in [2.45, 2.75) is 34.2 Å².